The molecule has 0 aromatic heterocycles. The Hall–Kier alpha value is -2.82. The number of benzene rings is 2. The van der Waals surface area contributed by atoms with Crippen LogP contribution in [0.5, 0.6) is 5.75 Å². The zero-order valence-corrected chi connectivity index (χ0v) is 17.9. The summed E-state index contributed by atoms with van der Waals surface area (Å²) in [5.74, 6) is 0.334. The quantitative estimate of drug-likeness (QED) is 0.667. The Kier molecular flexibility index (Phi) is 8.71. The van der Waals surface area contributed by atoms with E-state index in [1.54, 1.807) is 11.8 Å². The number of amides is 2. The molecule has 2 aromatic carbocycles. The Morgan fingerprint density at radius 2 is 1.72 bits per heavy atom. The van der Waals surface area contributed by atoms with E-state index < -0.39 is 6.04 Å². The van der Waals surface area contributed by atoms with Gasteiger partial charge in [-0.3, -0.25) is 9.59 Å². The van der Waals surface area contributed by atoms with Gasteiger partial charge in [-0.15, -0.1) is 0 Å². The molecule has 2 rings (SSSR count). The average Bonchev–Trinajstić information content (AvgIpc) is 2.70. The molecule has 0 aliphatic rings. The maximum Gasteiger partial charge on any atom is 0.261 e. The van der Waals surface area contributed by atoms with Crippen LogP contribution in [0.3, 0.4) is 0 Å². The molecule has 1 unspecified atom stereocenters. The molecule has 0 fully saturated rings. The average molecular weight is 397 g/mol. The summed E-state index contributed by atoms with van der Waals surface area (Å²) in [5, 5.41) is 2.88. The smallest absolute Gasteiger partial charge is 0.261 e. The van der Waals surface area contributed by atoms with E-state index in [9.17, 15) is 9.59 Å². The van der Waals surface area contributed by atoms with Crippen LogP contribution in [0, 0.1) is 13.8 Å². The molecule has 5 nitrogen and oxygen atoms in total. The summed E-state index contributed by atoms with van der Waals surface area (Å²) in [7, 11) is 0. The van der Waals surface area contributed by atoms with Crippen molar-refractivity contribution < 1.29 is 14.3 Å². The van der Waals surface area contributed by atoms with Crippen LogP contribution in [-0.2, 0) is 16.0 Å². The van der Waals surface area contributed by atoms with Gasteiger partial charge in [0.05, 0.1) is 0 Å². The van der Waals surface area contributed by atoms with Crippen LogP contribution < -0.4 is 10.1 Å². The molecule has 0 aliphatic carbocycles. The van der Waals surface area contributed by atoms with E-state index in [1.807, 2.05) is 63.2 Å². The van der Waals surface area contributed by atoms with Gasteiger partial charge in [0.25, 0.3) is 5.91 Å². The van der Waals surface area contributed by atoms with Gasteiger partial charge < -0.3 is 15.0 Å². The summed E-state index contributed by atoms with van der Waals surface area (Å²) in [4.78, 5) is 27.0. The fourth-order valence-electron chi connectivity index (χ4n) is 3.21. The molecule has 0 radical (unpaired) electrons. The summed E-state index contributed by atoms with van der Waals surface area (Å²) >= 11 is 0. The summed E-state index contributed by atoms with van der Waals surface area (Å²) in [6.07, 6.45) is 1.54. The second-order valence-corrected chi connectivity index (χ2v) is 7.40. The predicted molar refractivity (Wildman–Crippen MR) is 116 cm³/mol. The molecule has 0 saturated heterocycles. The molecule has 0 heterocycles. The Balaban J connectivity index is 2.07. The lowest BCUT2D eigenvalue weighted by Crippen LogP contribution is -2.50. The molecule has 1 atom stereocenters. The number of carbonyl (C=O) groups is 2. The lowest BCUT2D eigenvalue weighted by molar-refractivity contribution is -0.141. The van der Waals surface area contributed by atoms with E-state index >= 15 is 0 Å². The van der Waals surface area contributed by atoms with Gasteiger partial charge in [0.2, 0.25) is 5.91 Å². The number of rotatable bonds is 10. The Morgan fingerprint density at radius 3 is 2.34 bits per heavy atom. The van der Waals surface area contributed by atoms with E-state index in [0.29, 0.717) is 25.3 Å². The van der Waals surface area contributed by atoms with Gasteiger partial charge in [0.15, 0.2) is 6.61 Å². The third kappa shape index (κ3) is 7.26. The first kappa shape index (κ1) is 22.5. The van der Waals surface area contributed by atoms with Crippen molar-refractivity contribution in [2.45, 2.75) is 46.6 Å². The molecule has 0 saturated carbocycles. The van der Waals surface area contributed by atoms with E-state index in [2.05, 4.69) is 11.4 Å². The van der Waals surface area contributed by atoms with Crippen LogP contribution in [0.15, 0.2) is 48.5 Å². The summed E-state index contributed by atoms with van der Waals surface area (Å²) in [6.45, 7) is 8.72. The molecule has 1 N–H and O–H groups in total. The van der Waals surface area contributed by atoms with Gasteiger partial charge in [-0.05, 0) is 62.4 Å². The summed E-state index contributed by atoms with van der Waals surface area (Å²) < 4.78 is 5.75. The normalized spacial score (nSPS) is 11.6. The molecule has 2 aromatic rings. The topological polar surface area (TPSA) is 58.6 Å². The maximum atomic E-state index is 12.9. The standard InChI is InChI=1S/C24H32N2O3/c1-5-12-25-24(28)20(4)26(13-11-21-9-7-6-8-10-21)23(27)17-29-22-15-18(2)14-19(3)16-22/h6-10,14-16,20H,5,11-13,17H2,1-4H3,(H,25,28). The molecule has 5 heteroatoms. The highest BCUT2D eigenvalue weighted by atomic mass is 16.5. The lowest BCUT2D eigenvalue weighted by Gasteiger charge is -2.28. The zero-order chi connectivity index (χ0) is 21.2. The first-order valence-electron chi connectivity index (χ1n) is 10.2. The van der Waals surface area contributed by atoms with Crippen molar-refractivity contribution >= 4 is 11.8 Å². The minimum atomic E-state index is -0.555. The van der Waals surface area contributed by atoms with Crippen LogP contribution in [0.25, 0.3) is 0 Å². The minimum Gasteiger partial charge on any atom is -0.484 e. The van der Waals surface area contributed by atoms with E-state index in [-0.39, 0.29) is 18.4 Å². The molecule has 2 amide bonds. The van der Waals surface area contributed by atoms with Crippen molar-refractivity contribution in [2.24, 2.45) is 0 Å². The van der Waals surface area contributed by atoms with Gasteiger partial charge in [-0.2, -0.15) is 0 Å². The van der Waals surface area contributed by atoms with Crippen molar-refractivity contribution in [3.63, 3.8) is 0 Å². The first-order valence-corrected chi connectivity index (χ1v) is 10.2. The highest BCUT2D eigenvalue weighted by Gasteiger charge is 2.25. The van der Waals surface area contributed by atoms with Crippen molar-refractivity contribution in [3.8, 4) is 5.75 Å². The highest BCUT2D eigenvalue weighted by molar-refractivity contribution is 5.87. The molecule has 0 aliphatic heterocycles. The van der Waals surface area contributed by atoms with Crippen molar-refractivity contribution in [1.82, 2.24) is 10.2 Å². The Morgan fingerprint density at radius 1 is 1.07 bits per heavy atom. The monoisotopic (exact) mass is 396 g/mol. The van der Waals surface area contributed by atoms with Gasteiger partial charge >= 0.3 is 0 Å². The van der Waals surface area contributed by atoms with Crippen molar-refractivity contribution in [3.05, 3.63) is 65.2 Å². The SMILES string of the molecule is CCCNC(=O)C(C)N(CCc1ccccc1)C(=O)COc1cc(C)cc(C)c1. The Labute approximate surface area is 174 Å². The predicted octanol–water partition coefficient (Wildman–Crippen LogP) is 3.67. The van der Waals surface area contributed by atoms with Gasteiger partial charge in [0, 0.05) is 13.1 Å². The van der Waals surface area contributed by atoms with E-state index in [0.717, 1.165) is 23.1 Å². The third-order valence-electron chi connectivity index (χ3n) is 4.76. The molecule has 0 spiro atoms. The van der Waals surface area contributed by atoms with Crippen molar-refractivity contribution in [2.75, 3.05) is 19.7 Å². The van der Waals surface area contributed by atoms with Gasteiger partial charge in [0.1, 0.15) is 11.8 Å². The number of carbonyl (C=O) groups excluding carboxylic acids is 2. The fraction of sp³-hybridized carbons (Fsp3) is 0.417. The molecule has 0 bridgehead atoms. The maximum absolute atomic E-state index is 12.9. The number of hydrogen-bond donors (Lipinski definition) is 1. The number of nitrogens with one attached hydrogen (secondary N) is 1. The van der Waals surface area contributed by atoms with Crippen LogP contribution in [0.4, 0.5) is 0 Å². The van der Waals surface area contributed by atoms with Crippen molar-refractivity contribution in [1.29, 1.82) is 0 Å². The number of ether oxygens (including phenoxy) is 1. The summed E-state index contributed by atoms with van der Waals surface area (Å²) in [5.41, 5.74) is 3.29. The lowest BCUT2D eigenvalue weighted by atomic mass is 10.1. The van der Waals surface area contributed by atoms with Crippen LogP contribution >= 0.6 is 0 Å². The van der Waals surface area contributed by atoms with E-state index in [1.165, 1.54) is 0 Å². The number of aryl methyl sites for hydroxylation is 2. The molecule has 156 valence electrons. The number of nitrogens with zero attached hydrogens (tertiary/aromatic N) is 1. The molecular weight excluding hydrogens is 364 g/mol. The van der Waals surface area contributed by atoms with Gasteiger partial charge in [-0.1, -0.05) is 43.3 Å². The fourth-order valence-corrected chi connectivity index (χ4v) is 3.21. The third-order valence-corrected chi connectivity index (χ3v) is 4.76. The Bertz CT molecular complexity index is 785. The van der Waals surface area contributed by atoms with Crippen LogP contribution in [0.1, 0.15) is 37.0 Å². The van der Waals surface area contributed by atoms with Gasteiger partial charge in [-0.25, -0.2) is 0 Å². The first-order chi connectivity index (χ1) is 13.9. The minimum absolute atomic E-state index is 0.0942. The molecule has 29 heavy (non-hydrogen) atoms. The second kappa shape index (κ2) is 11.2. The number of hydrogen-bond acceptors (Lipinski definition) is 3. The summed E-state index contributed by atoms with van der Waals surface area (Å²) in [6, 6.07) is 15.3. The largest absolute Gasteiger partial charge is 0.484 e. The second-order valence-electron chi connectivity index (χ2n) is 7.40. The highest BCUT2D eigenvalue weighted by Crippen LogP contribution is 2.16. The van der Waals surface area contributed by atoms with E-state index in [4.69, 9.17) is 4.74 Å². The molecular formula is C24H32N2O3. The zero-order valence-electron chi connectivity index (χ0n) is 17.9. The van der Waals surface area contributed by atoms with Crippen LogP contribution in [-0.4, -0.2) is 42.5 Å². The van der Waals surface area contributed by atoms with Crippen LogP contribution in [0.2, 0.25) is 0 Å².